The molecule has 0 spiro atoms. The van der Waals surface area contributed by atoms with Gasteiger partial charge in [0.1, 0.15) is 5.84 Å². The predicted octanol–water partition coefficient (Wildman–Crippen LogP) is 5.18. The van der Waals surface area contributed by atoms with Gasteiger partial charge in [-0.25, -0.2) is 0 Å². The van der Waals surface area contributed by atoms with Gasteiger partial charge in [-0.3, -0.25) is 9.98 Å². The van der Waals surface area contributed by atoms with Gasteiger partial charge in [-0.2, -0.15) is 0 Å². The van der Waals surface area contributed by atoms with Gasteiger partial charge in [0.05, 0.1) is 11.4 Å². The lowest BCUT2D eigenvalue weighted by molar-refractivity contribution is 1.05. The molecule has 2 rings (SSSR count). The molecule has 0 amide bonds. The topological polar surface area (TPSA) is 36.8 Å². The van der Waals surface area contributed by atoms with Crippen LogP contribution in [-0.2, 0) is 0 Å². The summed E-state index contributed by atoms with van der Waals surface area (Å²) in [6.07, 6.45) is 5.21. The van der Waals surface area contributed by atoms with E-state index >= 15 is 0 Å². The van der Waals surface area contributed by atoms with E-state index in [2.05, 4.69) is 71.8 Å². The summed E-state index contributed by atoms with van der Waals surface area (Å²) in [5.74, 6) is 0.809. The number of benzene rings is 2. The van der Waals surface area contributed by atoms with Crippen molar-refractivity contribution in [3.05, 3.63) is 84.2 Å². The van der Waals surface area contributed by atoms with Crippen molar-refractivity contribution in [3.63, 3.8) is 0 Å². The summed E-state index contributed by atoms with van der Waals surface area (Å²) >= 11 is 0. The molecule has 0 aliphatic rings. The summed E-state index contributed by atoms with van der Waals surface area (Å²) < 4.78 is 0. The van der Waals surface area contributed by atoms with Crippen LogP contribution in [0.25, 0.3) is 10.8 Å². The van der Waals surface area contributed by atoms with E-state index < -0.39 is 0 Å². The Morgan fingerprint density at radius 1 is 1.20 bits per heavy atom. The predicted molar refractivity (Wildman–Crippen MR) is 110 cm³/mol. The first-order valence-corrected chi connectivity index (χ1v) is 8.43. The summed E-state index contributed by atoms with van der Waals surface area (Å²) in [7, 11) is 0. The molecular weight excluding hydrogens is 306 g/mol. The Morgan fingerprint density at radius 3 is 2.64 bits per heavy atom. The lowest BCUT2D eigenvalue weighted by atomic mass is 9.99. The molecule has 2 aromatic rings. The molecule has 128 valence electrons. The number of rotatable bonds is 6. The van der Waals surface area contributed by atoms with Crippen LogP contribution in [0.3, 0.4) is 0 Å². The lowest BCUT2D eigenvalue weighted by Gasteiger charge is -2.16. The van der Waals surface area contributed by atoms with Crippen molar-refractivity contribution >= 4 is 22.8 Å². The SMILES string of the molecule is C=CC=N/C(=C\C)C(=C)NC(=NCC)c1ccc2ccccc2c1C. The second kappa shape index (κ2) is 8.78. The summed E-state index contributed by atoms with van der Waals surface area (Å²) in [4.78, 5) is 8.99. The van der Waals surface area contributed by atoms with E-state index in [4.69, 9.17) is 0 Å². The van der Waals surface area contributed by atoms with Gasteiger partial charge in [0.15, 0.2) is 0 Å². The van der Waals surface area contributed by atoms with Gasteiger partial charge in [-0.1, -0.05) is 61.7 Å². The van der Waals surface area contributed by atoms with Gasteiger partial charge in [-0.05, 0) is 37.1 Å². The van der Waals surface area contributed by atoms with E-state index in [1.54, 1.807) is 12.3 Å². The van der Waals surface area contributed by atoms with E-state index in [1.807, 2.05) is 19.9 Å². The molecule has 0 aliphatic heterocycles. The quantitative estimate of drug-likeness (QED) is 0.442. The molecule has 0 aromatic heterocycles. The third-order valence-corrected chi connectivity index (χ3v) is 3.94. The molecule has 25 heavy (non-hydrogen) atoms. The standard InChI is InChI=1S/C22H25N3/c1-6-15-24-21(7-2)17(5)25-22(23-8-3)20-14-13-18-11-9-10-12-19(18)16(20)4/h6-7,9-15H,1,5,8H2,2-4H3,(H,23,25)/b21-7-,24-15?. The molecule has 0 saturated carbocycles. The van der Waals surface area contributed by atoms with E-state index in [1.165, 1.54) is 16.3 Å². The van der Waals surface area contributed by atoms with E-state index in [9.17, 15) is 0 Å². The van der Waals surface area contributed by atoms with Crippen molar-refractivity contribution in [3.8, 4) is 0 Å². The fourth-order valence-corrected chi connectivity index (χ4v) is 2.70. The third-order valence-electron chi connectivity index (χ3n) is 3.94. The van der Waals surface area contributed by atoms with Gasteiger partial charge in [0.25, 0.3) is 0 Å². The summed E-state index contributed by atoms with van der Waals surface area (Å²) in [5, 5.41) is 5.79. The number of aliphatic imine (C=N–C) groups is 2. The highest BCUT2D eigenvalue weighted by molar-refractivity contribution is 6.05. The maximum Gasteiger partial charge on any atom is 0.133 e. The number of hydrogen-bond acceptors (Lipinski definition) is 2. The van der Waals surface area contributed by atoms with E-state index in [-0.39, 0.29) is 0 Å². The average molecular weight is 331 g/mol. The minimum Gasteiger partial charge on any atom is -0.339 e. The van der Waals surface area contributed by atoms with Gasteiger partial charge in [-0.15, -0.1) is 0 Å². The van der Waals surface area contributed by atoms with Crippen LogP contribution in [-0.4, -0.2) is 18.6 Å². The zero-order valence-electron chi connectivity index (χ0n) is 15.2. The minimum atomic E-state index is 0.684. The van der Waals surface area contributed by atoms with Crippen LogP contribution in [0, 0.1) is 6.92 Å². The summed E-state index contributed by atoms with van der Waals surface area (Å²) in [5.41, 5.74) is 3.74. The van der Waals surface area contributed by atoms with E-state index in [0.29, 0.717) is 12.2 Å². The zero-order chi connectivity index (χ0) is 18.2. The normalized spacial score (nSPS) is 12.6. The number of aryl methyl sites for hydroxylation is 1. The van der Waals surface area contributed by atoms with Crippen molar-refractivity contribution < 1.29 is 0 Å². The Labute approximate surface area is 150 Å². The number of fused-ring (bicyclic) bond motifs is 1. The molecular formula is C22H25N3. The molecule has 0 atom stereocenters. The lowest BCUT2D eigenvalue weighted by Crippen LogP contribution is -2.25. The minimum absolute atomic E-state index is 0.684. The number of hydrogen-bond donors (Lipinski definition) is 1. The Morgan fingerprint density at radius 2 is 1.96 bits per heavy atom. The Bertz CT molecular complexity index is 870. The van der Waals surface area contributed by atoms with Crippen LogP contribution in [0.2, 0.25) is 0 Å². The molecule has 1 N–H and O–H groups in total. The van der Waals surface area contributed by atoms with Gasteiger partial charge in [0, 0.05) is 18.3 Å². The van der Waals surface area contributed by atoms with Crippen molar-refractivity contribution in [1.29, 1.82) is 0 Å². The fourth-order valence-electron chi connectivity index (χ4n) is 2.70. The van der Waals surface area contributed by atoms with Crippen molar-refractivity contribution in [1.82, 2.24) is 5.32 Å². The fraction of sp³-hybridized carbons (Fsp3) is 0.182. The Balaban J connectivity index is 2.41. The van der Waals surface area contributed by atoms with Gasteiger partial charge >= 0.3 is 0 Å². The molecule has 0 heterocycles. The molecule has 2 aromatic carbocycles. The van der Waals surface area contributed by atoms with Crippen molar-refractivity contribution in [2.75, 3.05) is 6.54 Å². The maximum absolute atomic E-state index is 4.64. The molecule has 0 bridgehead atoms. The molecule has 0 fully saturated rings. The molecule has 0 saturated heterocycles. The molecule has 0 radical (unpaired) electrons. The smallest absolute Gasteiger partial charge is 0.133 e. The number of amidine groups is 1. The first kappa shape index (κ1) is 18.4. The molecule has 0 unspecified atom stereocenters. The van der Waals surface area contributed by atoms with Crippen LogP contribution in [0.1, 0.15) is 25.0 Å². The Kier molecular flexibility index (Phi) is 6.47. The Hall–Kier alpha value is -2.94. The summed E-state index contributed by atoms with van der Waals surface area (Å²) in [6.45, 7) is 14.5. The van der Waals surface area contributed by atoms with Crippen LogP contribution in [0.15, 0.2) is 83.1 Å². The number of nitrogens with one attached hydrogen (secondary N) is 1. The van der Waals surface area contributed by atoms with Gasteiger partial charge in [0.2, 0.25) is 0 Å². The second-order valence-electron chi connectivity index (χ2n) is 5.57. The summed E-state index contributed by atoms with van der Waals surface area (Å²) in [6, 6.07) is 12.6. The first-order valence-electron chi connectivity index (χ1n) is 8.43. The zero-order valence-corrected chi connectivity index (χ0v) is 15.2. The van der Waals surface area contributed by atoms with Crippen LogP contribution in [0.5, 0.6) is 0 Å². The number of allylic oxidation sites excluding steroid dienone is 2. The van der Waals surface area contributed by atoms with Crippen LogP contribution in [0.4, 0.5) is 0 Å². The maximum atomic E-state index is 4.64. The van der Waals surface area contributed by atoms with Crippen molar-refractivity contribution in [2.45, 2.75) is 20.8 Å². The molecule has 3 heteroatoms. The van der Waals surface area contributed by atoms with Crippen LogP contribution >= 0.6 is 0 Å². The van der Waals surface area contributed by atoms with E-state index in [0.717, 1.165) is 17.1 Å². The average Bonchev–Trinajstić information content (AvgIpc) is 2.62. The highest BCUT2D eigenvalue weighted by atomic mass is 15.0. The van der Waals surface area contributed by atoms with Gasteiger partial charge < -0.3 is 5.32 Å². The monoisotopic (exact) mass is 331 g/mol. The first-order chi connectivity index (χ1) is 12.1. The van der Waals surface area contributed by atoms with Crippen LogP contribution < -0.4 is 5.32 Å². The second-order valence-corrected chi connectivity index (χ2v) is 5.57. The van der Waals surface area contributed by atoms with Crippen molar-refractivity contribution in [2.24, 2.45) is 9.98 Å². The largest absolute Gasteiger partial charge is 0.339 e. The highest BCUT2D eigenvalue weighted by Crippen LogP contribution is 2.22. The number of nitrogens with zero attached hydrogens (tertiary/aromatic N) is 2. The molecule has 0 aliphatic carbocycles. The molecule has 3 nitrogen and oxygen atoms in total. The highest BCUT2D eigenvalue weighted by Gasteiger charge is 2.11. The third kappa shape index (κ3) is 4.32.